The van der Waals surface area contributed by atoms with Gasteiger partial charge in [-0.25, -0.2) is 0 Å². The Hall–Kier alpha value is -1.10. The quantitative estimate of drug-likeness (QED) is 0.648. The SMILES string of the molecule is CCC(CCO)CNCC(O)c1cc(C)ccc1OC. The molecule has 20 heavy (non-hydrogen) atoms. The first-order valence-electron chi connectivity index (χ1n) is 7.26. The number of benzene rings is 1. The van der Waals surface area contributed by atoms with Crippen LogP contribution in [0.3, 0.4) is 0 Å². The van der Waals surface area contributed by atoms with Crippen molar-refractivity contribution in [2.75, 3.05) is 26.8 Å². The highest BCUT2D eigenvalue weighted by molar-refractivity contribution is 5.38. The molecule has 0 fully saturated rings. The smallest absolute Gasteiger partial charge is 0.124 e. The van der Waals surface area contributed by atoms with Crippen LogP contribution in [-0.4, -0.2) is 37.0 Å². The van der Waals surface area contributed by atoms with Gasteiger partial charge in [0.2, 0.25) is 0 Å². The van der Waals surface area contributed by atoms with E-state index in [1.807, 2.05) is 25.1 Å². The first kappa shape index (κ1) is 17.0. The van der Waals surface area contributed by atoms with E-state index in [1.54, 1.807) is 7.11 Å². The van der Waals surface area contributed by atoms with Crippen LogP contribution >= 0.6 is 0 Å². The highest BCUT2D eigenvalue weighted by Gasteiger charge is 2.14. The lowest BCUT2D eigenvalue weighted by molar-refractivity contribution is 0.166. The number of hydrogen-bond acceptors (Lipinski definition) is 4. The normalized spacial score (nSPS) is 14.1. The van der Waals surface area contributed by atoms with Crippen molar-refractivity contribution in [2.24, 2.45) is 5.92 Å². The van der Waals surface area contributed by atoms with Crippen LogP contribution in [0.5, 0.6) is 5.75 Å². The number of aliphatic hydroxyl groups excluding tert-OH is 2. The molecule has 1 aromatic carbocycles. The van der Waals surface area contributed by atoms with Crippen molar-refractivity contribution < 1.29 is 14.9 Å². The number of methoxy groups -OCH3 is 1. The van der Waals surface area contributed by atoms with Gasteiger partial charge in [0.05, 0.1) is 13.2 Å². The number of hydrogen-bond donors (Lipinski definition) is 3. The molecule has 2 atom stereocenters. The summed E-state index contributed by atoms with van der Waals surface area (Å²) in [4.78, 5) is 0. The first-order valence-corrected chi connectivity index (χ1v) is 7.26. The number of rotatable bonds is 9. The topological polar surface area (TPSA) is 61.7 Å². The zero-order chi connectivity index (χ0) is 15.0. The van der Waals surface area contributed by atoms with E-state index in [1.165, 1.54) is 0 Å². The monoisotopic (exact) mass is 281 g/mol. The second kappa shape index (κ2) is 8.95. The summed E-state index contributed by atoms with van der Waals surface area (Å²) in [6, 6.07) is 5.81. The molecule has 3 N–H and O–H groups in total. The van der Waals surface area contributed by atoms with Crippen LogP contribution < -0.4 is 10.1 Å². The van der Waals surface area contributed by atoms with Crippen LogP contribution in [-0.2, 0) is 0 Å². The summed E-state index contributed by atoms with van der Waals surface area (Å²) < 4.78 is 5.29. The van der Waals surface area contributed by atoms with Gasteiger partial charge in [0.1, 0.15) is 5.75 Å². The lowest BCUT2D eigenvalue weighted by atomic mass is 10.0. The highest BCUT2D eigenvalue weighted by Crippen LogP contribution is 2.25. The van der Waals surface area contributed by atoms with E-state index in [2.05, 4.69) is 12.2 Å². The van der Waals surface area contributed by atoms with Gasteiger partial charge in [-0.05, 0) is 37.9 Å². The molecule has 0 aliphatic heterocycles. The highest BCUT2D eigenvalue weighted by atomic mass is 16.5. The van der Waals surface area contributed by atoms with E-state index in [0.717, 1.165) is 30.5 Å². The molecule has 0 saturated heterocycles. The average Bonchev–Trinajstić information content (AvgIpc) is 2.46. The Morgan fingerprint density at radius 1 is 1.30 bits per heavy atom. The molecule has 0 aromatic heterocycles. The maximum atomic E-state index is 10.3. The second-order valence-corrected chi connectivity index (χ2v) is 5.21. The molecule has 0 aliphatic rings. The third-order valence-electron chi connectivity index (χ3n) is 3.63. The van der Waals surface area contributed by atoms with E-state index in [4.69, 9.17) is 9.84 Å². The zero-order valence-electron chi connectivity index (χ0n) is 12.7. The standard InChI is InChI=1S/C16H27NO3/c1-4-13(7-8-18)10-17-11-15(19)14-9-12(2)5-6-16(14)20-3/h5-6,9,13,15,17-19H,4,7-8,10-11H2,1-3H3. The first-order chi connectivity index (χ1) is 9.62. The number of nitrogens with one attached hydrogen (secondary N) is 1. The lowest BCUT2D eigenvalue weighted by Gasteiger charge is -2.19. The molecule has 1 aromatic rings. The molecule has 0 saturated carbocycles. The fourth-order valence-corrected chi connectivity index (χ4v) is 2.28. The van der Waals surface area contributed by atoms with Gasteiger partial charge in [0.25, 0.3) is 0 Å². The van der Waals surface area contributed by atoms with Gasteiger partial charge >= 0.3 is 0 Å². The molecule has 0 bridgehead atoms. The summed E-state index contributed by atoms with van der Waals surface area (Å²) in [6.45, 7) is 5.62. The molecule has 0 aliphatic carbocycles. The molecule has 0 heterocycles. The Bertz CT molecular complexity index is 395. The Morgan fingerprint density at radius 3 is 2.65 bits per heavy atom. The van der Waals surface area contributed by atoms with Crippen molar-refractivity contribution in [1.29, 1.82) is 0 Å². The van der Waals surface area contributed by atoms with E-state index in [9.17, 15) is 5.11 Å². The van der Waals surface area contributed by atoms with Gasteiger partial charge in [-0.2, -0.15) is 0 Å². The summed E-state index contributed by atoms with van der Waals surface area (Å²) in [7, 11) is 1.61. The molecular formula is C16H27NO3. The van der Waals surface area contributed by atoms with Crippen molar-refractivity contribution in [1.82, 2.24) is 5.32 Å². The molecule has 4 nitrogen and oxygen atoms in total. The zero-order valence-corrected chi connectivity index (χ0v) is 12.7. The van der Waals surface area contributed by atoms with Crippen LogP contribution in [0.15, 0.2) is 18.2 Å². The molecule has 114 valence electrons. The molecule has 2 unspecified atom stereocenters. The largest absolute Gasteiger partial charge is 0.496 e. The molecule has 0 radical (unpaired) electrons. The van der Waals surface area contributed by atoms with E-state index in [-0.39, 0.29) is 6.61 Å². The predicted molar refractivity (Wildman–Crippen MR) is 81.0 cm³/mol. The van der Waals surface area contributed by atoms with Crippen molar-refractivity contribution in [3.8, 4) is 5.75 Å². The van der Waals surface area contributed by atoms with Gasteiger partial charge in [0, 0.05) is 18.7 Å². The Labute approximate surface area is 121 Å². The Morgan fingerprint density at radius 2 is 2.05 bits per heavy atom. The van der Waals surface area contributed by atoms with Crippen LogP contribution in [0, 0.1) is 12.8 Å². The van der Waals surface area contributed by atoms with Crippen molar-refractivity contribution in [3.63, 3.8) is 0 Å². The van der Waals surface area contributed by atoms with Crippen LogP contribution in [0.4, 0.5) is 0 Å². The molecular weight excluding hydrogens is 254 g/mol. The summed E-state index contributed by atoms with van der Waals surface area (Å²) >= 11 is 0. The minimum atomic E-state index is -0.587. The third-order valence-corrected chi connectivity index (χ3v) is 3.63. The maximum Gasteiger partial charge on any atom is 0.124 e. The summed E-state index contributed by atoms with van der Waals surface area (Å²) in [6.07, 6.45) is 1.24. The van der Waals surface area contributed by atoms with Crippen molar-refractivity contribution in [2.45, 2.75) is 32.8 Å². The Balaban J connectivity index is 2.54. The van der Waals surface area contributed by atoms with Gasteiger partial charge in [-0.15, -0.1) is 0 Å². The summed E-state index contributed by atoms with van der Waals surface area (Å²) in [5, 5.41) is 22.5. The fraction of sp³-hybridized carbons (Fsp3) is 0.625. The molecule has 1 rings (SSSR count). The van der Waals surface area contributed by atoms with Crippen LogP contribution in [0.25, 0.3) is 0 Å². The second-order valence-electron chi connectivity index (χ2n) is 5.21. The molecule has 0 spiro atoms. The fourth-order valence-electron chi connectivity index (χ4n) is 2.28. The van der Waals surface area contributed by atoms with Crippen molar-refractivity contribution >= 4 is 0 Å². The third kappa shape index (κ3) is 5.12. The summed E-state index contributed by atoms with van der Waals surface area (Å²) in [5.41, 5.74) is 1.92. The number of ether oxygens (including phenoxy) is 1. The van der Waals surface area contributed by atoms with E-state index >= 15 is 0 Å². The molecule has 4 heteroatoms. The molecule has 0 amide bonds. The van der Waals surface area contributed by atoms with Gasteiger partial charge in [-0.1, -0.05) is 25.0 Å². The average molecular weight is 281 g/mol. The van der Waals surface area contributed by atoms with E-state index < -0.39 is 6.10 Å². The summed E-state index contributed by atoms with van der Waals surface area (Å²) in [5.74, 6) is 1.17. The van der Waals surface area contributed by atoms with Gasteiger partial charge in [0.15, 0.2) is 0 Å². The van der Waals surface area contributed by atoms with Crippen LogP contribution in [0.2, 0.25) is 0 Å². The van der Waals surface area contributed by atoms with Crippen LogP contribution in [0.1, 0.15) is 37.0 Å². The van der Waals surface area contributed by atoms with Gasteiger partial charge in [-0.3, -0.25) is 0 Å². The maximum absolute atomic E-state index is 10.3. The van der Waals surface area contributed by atoms with Crippen molar-refractivity contribution in [3.05, 3.63) is 29.3 Å². The minimum Gasteiger partial charge on any atom is -0.496 e. The van der Waals surface area contributed by atoms with Gasteiger partial charge < -0.3 is 20.3 Å². The Kier molecular flexibility index (Phi) is 7.59. The number of aryl methyl sites for hydroxylation is 1. The lowest BCUT2D eigenvalue weighted by Crippen LogP contribution is -2.28. The number of aliphatic hydroxyl groups is 2. The predicted octanol–water partition coefficient (Wildman–Crippen LogP) is 2.04. The van der Waals surface area contributed by atoms with E-state index in [0.29, 0.717) is 18.2 Å². The minimum absolute atomic E-state index is 0.217.